The molecular weight excluding hydrogens is 893 g/mol. The van der Waals surface area contributed by atoms with E-state index in [4.69, 9.17) is 9.97 Å². The highest BCUT2D eigenvalue weighted by Gasteiger charge is 2.36. The van der Waals surface area contributed by atoms with Gasteiger partial charge >= 0.3 is 0 Å². The van der Waals surface area contributed by atoms with Crippen molar-refractivity contribution in [3.8, 4) is 34.5 Å². The topological polar surface area (TPSA) is 74.2 Å². The zero-order chi connectivity index (χ0) is 47.9. The molecule has 16 aromatic rings. The Kier molecular flexibility index (Phi) is 8.08. The van der Waals surface area contributed by atoms with Crippen LogP contribution in [0.5, 0.6) is 0 Å². The molecule has 0 aliphatic heterocycles. The number of rotatable bonds is 5. The van der Waals surface area contributed by atoms with Gasteiger partial charge in [0.15, 0.2) is 0 Å². The Bertz CT molecular complexity index is 4550. The Balaban J connectivity index is 1.31. The number of nitrogens with zero attached hydrogens (tertiary/aromatic N) is 8. The third kappa shape index (κ3) is 5.21. The first kappa shape index (κ1) is 39.6. The second-order valence-electron chi connectivity index (χ2n) is 18.8. The third-order valence-corrected chi connectivity index (χ3v) is 15.2. The van der Waals surface area contributed by atoms with Gasteiger partial charge in [0.05, 0.1) is 89.1 Å². The van der Waals surface area contributed by atoms with Crippen LogP contribution in [0.25, 0.3) is 138 Å². The summed E-state index contributed by atoms with van der Waals surface area (Å²) in [5, 5.41) is 22.5. The fraction of sp³-hybridized carbons (Fsp3) is 0. The van der Waals surface area contributed by atoms with E-state index in [1.807, 2.05) is 24.7 Å². The van der Waals surface area contributed by atoms with E-state index in [2.05, 4.69) is 235 Å². The molecular formula is C65H38N8. The highest BCUT2D eigenvalue weighted by Crippen LogP contribution is 2.51. The van der Waals surface area contributed by atoms with E-state index in [0.717, 1.165) is 138 Å². The molecule has 7 aromatic heterocycles. The van der Waals surface area contributed by atoms with Crippen LogP contribution in [-0.2, 0) is 0 Å². The van der Waals surface area contributed by atoms with E-state index >= 15 is 0 Å². The van der Waals surface area contributed by atoms with Crippen LogP contribution in [0.3, 0.4) is 0 Å². The molecule has 0 fully saturated rings. The molecule has 0 unspecified atom stereocenters. The van der Waals surface area contributed by atoms with Crippen molar-refractivity contribution in [1.29, 1.82) is 5.26 Å². The maximum Gasteiger partial charge on any atom is 0.105 e. The lowest BCUT2D eigenvalue weighted by Crippen LogP contribution is -2.18. The Morgan fingerprint density at radius 2 is 0.562 bits per heavy atom. The van der Waals surface area contributed by atoms with Gasteiger partial charge in [-0.1, -0.05) is 146 Å². The molecule has 0 N–H and O–H groups in total. The third-order valence-electron chi connectivity index (χ3n) is 15.2. The number of nitriles is 1. The summed E-state index contributed by atoms with van der Waals surface area (Å²) >= 11 is 0. The van der Waals surface area contributed by atoms with E-state index in [1.165, 1.54) is 0 Å². The van der Waals surface area contributed by atoms with Crippen molar-refractivity contribution < 1.29 is 0 Å². The summed E-state index contributed by atoms with van der Waals surface area (Å²) in [6.45, 7) is 0. The Hall–Kier alpha value is -10.2. The van der Waals surface area contributed by atoms with Crippen LogP contribution in [0.15, 0.2) is 231 Å². The highest BCUT2D eigenvalue weighted by molar-refractivity contribution is 6.17. The first-order chi connectivity index (χ1) is 36.3. The van der Waals surface area contributed by atoms with Gasteiger partial charge in [-0.3, -0.25) is 9.97 Å². The molecule has 16 rings (SSSR count). The summed E-state index contributed by atoms with van der Waals surface area (Å²) in [5.74, 6) is 0. The summed E-state index contributed by atoms with van der Waals surface area (Å²) in [5.41, 5.74) is 15.2. The maximum atomic E-state index is 12.8. The van der Waals surface area contributed by atoms with Gasteiger partial charge in [0, 0.05) is 67.1 Å². The molecule has 0 saturated heterocycles. The van der Waals surface area contributed by atoms with Crippen LogP contribution in [0.4, 0.5) is 0 Å². The second kappa shape index (κ2) is 14.9. The number of para-hydroxylation sites is 8. The molecule has 0 bridgehead atoms. The number of hydrogen-bond acceptors (Lipinski definition) is 3. The number of aromatic nitrogens is 7. The van der Waals surface area contributed by atoms with Crippen LogP contribution in [0.2, 0.25) is 0 Å². The largest absolute Gasteiger partial charge is 0.306 e. The second-order valence-corrected chi connectivity index (χ2v) is 18.8. The molecule has 0 saturated carbocycles. The normalized spacial score (nSPS) is 12.1. The van der Waals surface area contributed by atoms with Crippen molar-refractivity contribution in [1.82, 2.24) is 32.8 Å². The quantitative estimate of drug-likeness (QED) is 0.173. The number of hydrogen-bond donors (Lipinski definition) is 0. The molecule has 0 amide bonds. The fourth-order valence-corrected chi connectivity index (χ4v) is 12.4. The van der Waals surface area contributed by atoms with E-state index in [1.54, 1.807) is 0 Å². The minimum Gasteiger partial charge on any atom is -0.306 e. The first-order valence-corrected chi connectivity index (χ1v) is 24.6. The Morgan fingerprint density at radius 3 is 0.959 bits per heavy atom. The SMILES string of the molecule is N#Cc1c(-n2c3ccccc3c3ccccc32)c(-n2c3ccccc3c3cnccc32)c(-n2c3ccccc3c3ccccc32)c(-n2c3ccccc3c3ncccc32)c1-n1c2ccccc2c2ccccc21. The standard InChI is InChI=1S/C65H38N8/c66-38-48-61(69-50-26-9-1-18-40(50)41-19-2-10-27-51(41)69)63(72-56-32-15-7-24-46(56)49-39-67-37-35-58(49)72)65(71-54-30-13-5-22-44(54)45-23-6-14-31-55(45)71)64(73-57-33-16-8-25-47(57)60-59(73)34-17-36-68-60)62(48)70-52-28-11-3-20-42(52)43-21-4-12-29-53(43)70/h1-37,39H. The van der Waals surface area contributed by atoms with E-state index in [9.17, 15) is 5.26 Å². The van der Waals surface area contributed by atoms with Gasteiger partial charge in [0.1, 0.15) is 11.6 Å². The van der Waals surface area contributed by atoms with Gasteiger partial charge in [-0.05, 0) is 66.7 Å². The minimum absolute atomic E-state index is 0.502. The molecule has 7 heterocycles. The lowest BCUT2D eigenvalue weighted by atomic mass is 10.0. The number of pyridine rings is 2. The minimum atomic E-state index is 0.502. The molecule has 0 aliphatic rings. The lowest BCUT2D eigenvalue weighted by Gasteiger charge is -2.30. The summed E-state index contributed by atoms with van der Waals surface area (Å²) in [7, 11) is 0. The van der Waals surface area contributed by atoms with Gasteiger partial charge in [0.25, 0.3) is 0 Å². The van der Waals surface area contributed by atoms with E-state index < -0.39 is 0 Å². The average Bonchev–Trinajstić information content (AvgIpc) is 4.25. The predicted octanol–water partition coefficient (Wildman–Crippen LogP) is 15.8. The predicted molar refractivity (Wildman–Crippen MR) is 298 cm³/mol. The molecule has 8 heteroatoms. The van der Waals surface area contributed by atoms with Crippen molar-refractivity contribution in [2.45, 2.75) is 0 Å². The summed E-state index contributed by atoms with van der Waals surface area (Å²) in [4.78, 5) is 9.90. The molecule has 0 aliphatic carbocycles. The van der Waals surface area contributed by atoms with Crippen LogP contribution in [0, 0.1) is 11.3 Å². The number of fused-ring (bicyclic) bond motifs is 15. The van der Waals surface area contributed by atoms with Gasteiger partial charge in [-0.15, -0.1) is 0 Å². The summed E-state index contributed by atoms with van der Waals surface area (Å²) in [6, 6.07) is 78.5. The van der Waals surface area contributed by atoms with Gasteiger partial charge in [-0.2, -0.15) is 5.26 Å². The van der Waals surface area contributed by atoms with Crippen molar-refractivity contribution >= 4 is 109 Å². The number of benzene rings is 9. The molecule has 0 atom stereocenters. The lowest BCUT2D eigenvalue weighted by molar-refractivity contribution is 0.992. The molecule has 73 heavy (non-hydrogen) atoms. The van der Waals surface area contributed by atoms with Crippen LogP contribution < -0.4 is 0 Å². The zero-order valence-corrected chi connectivity index (χ0v) is 39.0. The van der Waals surface area contributed by atoms with Crippen molar-refractivity contribution in [2.75, 3.05) is 0 Å². The average molecular weight is 931 g/mol. The van der Waals surface area contributed by atoms with Crippen LogP contribution in [0.1, 0.15) is 5.56 Å². The van der Waals surface area contributed by atoms with Gasteiger partial charge in [0.2, 0.25) is 0 Å². The molecule has 0 spiro atoms. The molecule has 9 aromatic carbocycles. The van der Waals surface area contributed by atoms with Crippen LogP contribution in [-0.4, -0.2) is 32.8 Å². The molecule has 338 valence electrons. The van der Waals surface area contributed by atoms with Crippen molar-refractivity contribution in [3.63, 3.8) is 0 Å². The molecule has 0 radical (unpaired) electrons. The Morgan fingerprint density at radius 1 is 0.274 bits per heavy atom. The summed E-state index contributed by atoms with van der Waals surface area (Å²) in [6.07, 6.45) is 5.74. The van der Waals surface area contributed by atoms with E-state index in [0.29, 0.717) is 5.56 Å². The maximum absolute atomic E-state index is 12.8. The molecule has 8 nitrogen and oxygen atoms in total. The van der Waals surface area contributed by atoms with E-state index in [-0.39, 0.29) is 0 Å². The smallest absolute Gasteiger partial charge is 0.105 e. The van der Waals surface area contributed by atoms with Gasteiger partial charge in [-0.25, -0.2) is 0 Å². The summed E-state index contributed by atoms with van der Waals surface area (Å²) < 4.78 is 12.0. The monoisotopic (exact) mass is 930 g/mol. The Labute approximate surface area is 416 Å². The van der Waals surface area contributed by atoms with Crippen LogP contribution >= 0.6 is 0 Å². The van der Waals surface area contributed by atoms with Gasteiger partial charge < -0.3 is 22.8 Å². The van der Waals surface area contributed by atoms with Crippen molar-refractivity contribution in [3.05, 3.63) is 236 Å². The first-order valence-electron chi connectivity index (χ1n) is 24.6. The highest BCUT2D eigenvalue weighted by atomic mass is 15.2. The zero-order valence-electron chi connectivity index (χ0n) is 39.0. The van der Waals surface area contributed by atoms with Crippen molar-refractivity contribution in [2.24, 2.45) is 0 Å². The fourth-order valence-electron chi connectivity index (χ4n) is 12.4.